The number of rotatable bonds is 6. The second-order valence-corrected chi connectivity index (χ2v) is 6.90. The number of alkyl carbamates (subject to hydrolysis) is 1. The van der Waals surface area contributed by atoms with Crippen LogP contribution in [0.2, 0.25) is 0 Å². The van der Waals surface area contributed by atoms with Gasteiger partial charge in [-0.2, -0.15) is 0 Å². The molecule has 0 aliphatic rings. The molecule has 2 N–H and O–H groups in total. The lowest BCUT2D eigenvalue weighted by atomic mass is 9.95. The van der Waals surface area contributed by atoms with Gasteiger partial charge >= 0.3 is 6.09 Å². The number of hydrogen-bond acceptors (Lipinski definition) is 4. The molecule has 0 fully saturated rings. The van der Waals surface area contributed by atoms with Crippen molar-refractivity contribution in [2.75, 3.05) is 18.4 Å². The van der Waals surface area contributed by atoms with Gasteiger partial charge in [0.25, 0.3) is 0 Å². The van der Waals surface area contributed by atoms with Crippen LogP contribution in [0.15, 0.2) is 18.3 Å². The third kappa shape index (κ3) is 6.78. The van der Waals surface area contributed by atoms with Crippen LogP contribution < -0.4 is 10.6 Å². The Balaban J connectivity index is 2.49. The van der Waals surface area contributed by atoms with Crippen LogP contribution >= 0.6 is 0 Å². The third-order valence-electron chi connectivity index (χ3n) is 3.41. The Labute approximate surface area is 133 Å². The minimum atomic E-state index is -0.470. The summed E-state index contributed by atoms with van der Waals surface area (Å²) in [7, 11) is 0. The molecule has 0 saturated carbocycles. The molecule has 5 nitrogen and oxygen atoms in total. The lowest BCUT2D eigenvalue weighted by Crippen LogP contribution is -2.38. The first-order valence-electron chi connectivity index (χ1n) is 7.81. The predicted molar refractivity (Wildman–Crippen MR) is 90.0 cm³/mol. The van der Waals surface area contributed by atoms with E-state index in [9.17, 15) is 4.79 Å². The first-order valence-corrected chi connectivity index (χ1v) is 7.81. The summed E-state index contributed by atoms with van der Waals surface area (Å²) in [6, 6.07) is 3.93. The first-order chi connectivity index (χ1) is 10.2. The zero-order valence-electron chi connectivity index (χ0n) is 14.6. The van der Waals surface area contributed by atoms with Crippen molar-refractivity contribution < 1.29 is 9.53 Å². The summed E-state index contributed by atoms with van der Waals surface area (Å²) >= 11 is 0. The van der Waals surface area contributed by atoms with Gasteiger partial charge in [-0.05, 0) is 51.7 Å². The number of nitrogens with one attached hydrogen (secondary N) is 2. The number of nitrogens with zero attached hydrogens (tertiary/aromatic N) is 1. The number of anilines is 1. The molecule has 0 aliphatic carbocycles. The number of hydrogen-bond donors (Lipinski definition) is 2. The van der Waals surface area contributed by atoms with Crippen molar-refractivity contribution in [1.29, 1.82) is 0 Å². The largest absolute Gasteiger partial charge is 0.444 e. The van der Waals surface area contributed by atoms with Gasteiger partial charge in [0.05, 0.1) is 11.4 Å². The highest BCUT2D eigenvalue weighted by atomic mass is 16.6. The van der Waals surface area contributed by atoms with Gasteiger partial charge in [0.2, 0.25) is 0 Å². The van der Waals surface area contributed by atoms with E-state index in [1.165, 1.54) is 0 Å². The fraction of sp³-hybridized carbons (Fsp3) is 0.647. The summed E-state index contributed by atoms with van der Waals surface area (Å²) < 4.78 is 5.27. The molecule has 0 aromatic carbocycles. The number of aryl methyl sites for hydroxylation is 1. The summed E-state index contributed by atoms with van der Waals surface area (Å²) in [5.74, 6) is 0.756. The highest BCUT2D eigenvalue weighted by molar-refractivity contribution is 5.67. The van der Waals surface area contributed by atoms with Crippen molar-refractivity contribution in [3.05, 3.63) is 24.0 Å². The van der Waals surface area contributed by atoms with E-state index in [2.05, 4.69) is 29.5 Å². The van der Waals surface area contributed by atoms with Crippen LogP contribution in [0, 0.1) is 18.8 Å². The van der Waals surface area contributed by atoms with Crippen molar-refractivity contribution in [2.45, 2.75) is 47.1 Å². The molecule has 1 unspecified atom stereocenters. The second kappa shape index (κ2) is 8.01. The van der Waals surface area contributed by atoms with Gasteiger partial charge in [0, 0.05) is 19.3 Å². The van der Waals surface area contributed by atoms with Crippen LogP contribution in [-0.4, -0.2) is 29.8 Å². The molecule has 1 aromatic rings. The molecule has 0 saturated heterocycles. The summed E-state index contributed by atoms with van der Waals surface area (Å²) in [5.41, 5.74) is 1.54. The molecule has 0 spiro atoms. The highest BCUT2D eigenvalue weighted by Crippen LogP contribution is 2.15. The molecule has 124 valence electrons. The molecule has 0 radical (unpaired) electrons. The maximum Gasteiger partial charge on any atom is 0.407 e. The normalized spacial score (nSPS) is 12.9. The predicted octanol–water partition coefficient (Wildman–Crippen LogP) is 3.60. The molecule has 5 heteroatoms. The summed E-state index contributed by atoms with van der Waals surface area (Å²) in [6.45, 7) is 13.2. The van der Waals surface area contributed by atoms with Crippen LogP contribution in [0.3, 0.4) is 0 Å². The van der Waals surface area contributed by atoms with Gasteiger partial charge < -0.3 is 15.4 Å². The number of pyridine rings is 1. The SMILES string of the molecule is Cc1ncccc1NCC(CNC(=O)OC(C)(C)C)C(C)C. The van der Waals surface area contributed by atoms with E-state index < -0.39 is 5.60 Å². The monoisotopic (exact) mass is 307 g/mol. The Kier molecular flexibility index (Phi) is 6.65. The van der Waals surface area contributed by atoms with Gasteiger partial charge in [-0.25, -0.2) is 4.79 Å². The van der Waals surface area contributed by atoms with Crippen LogP contribution in [0.4, 0.5) is 10.5 Å². The lowest BCUT2D eigenvalue weighted by Gasteiger charge is -2.24. The average Bonchev–Trinajstić information content (AvgIpc) is 2.38. The lowest BCUT2D eigenvalue weighted by molar-refractivity contribution is 0.0516. The number of carbonyl (C=O) groups is 1. The number of ether oxygens (including phenoxy) is 1. The van der Waals surface area contributed by atoms with E-state index >= 15 is 0 Å². The van der Waals surface area contributed by atoms with Crippen molar-refractivity contribution in [3.63, 3.8) is 0 Å². The molecule has 1 atom stereocenters. The van der Waals surface area contributed by atoms with E-state index in [1.54, 1.807) is 6.20 Å². The highest BCUT2D eigenvalue weighted by Gasteiger charge is 2.19. The van der Waals surface area contributed by atoms with Crippen LogP contribution in [0.5, 0.6) is 0 Å². The fourth-order valence-electron chi connectivity index (χ4n) is 1.98. The van der Waals surface area contributed by atoms with E-state index in [1.807, 2.05) is 39.8 Å². The number of carbonyl (C=O) groups excluding carboxylic acids is 1. The molecule has 1 amide bonds. The Morgan fingerprint density at radius 3 is 2.55 bits per heavy atom. The number of aromatic nitrogens is 1. The fourth-order valence-corrected chi connectivity index (χ4v) is 1.98. The van der Waals surface area contributed by atoms with Gasteiger partial charge in [0.1, 0.15) is 5.60 Å². The topological polar surface area (TPSA) is 63.2 Å². The van der Waals surface area contributed by atoms with E-state index in [0.717, 1.165) is 17.9 Å². The first kappa shape index (κ1) is 18.3. The molecular formula is C17H29N3O2. The van der Waals surface area contributed by atoms with Crippen molar-refractivity contribution in [2.24, 2.45) is 11.8 Å². The van der Waals surface area contributed by atoms with E-state index in [4.69, 9.17) is 4.74 Å². The van der Waals surface area contributed by atoms with Crippen molar-refractivity contribution in [3.8, 4) is 0 Å². The van der Waals surface area contributed by atoms with Crippen LogP contribution in [0.1, 0.15) is 40.3 Å². The maximum atomic E-state index is 11.8. The smallest absolute Gasteiger partial charge is 0.407 e. The average molecular weight is 307 g/mol. The molecule has 1 heterocycles. The van der Waals surface area contributed by atoms with E-state index in [0.29, 0.717) is 18.4 Å². The minimum absolute atomic E-state index is 0.312. The molecule has 0 bridgehead atoms. The maximum absolute atomic E-state index is 11.8. The van der Waals surface area contributed by atoms with Gasteiger partial charge in [-0.15, -0.1) is 0 Å². The molecule has 1 aromatic heterocycles. The third-order valence-corrected chi connectivity index (χ3v) is 3.41. The number of amides is 1. The van der Waals surface area contributed by atoms with Gasteiger partial charge in [-0.3, -0.25) is 4.98 Å². The van der Waals surface area contributed by atoms with Crippen LogP contribution in [0.25, 0.3) is 0 Å². The summed E-state index contributed by atoms with van der Waals surface area (Å²) in [5, 5.41) is 6.27. The quantitative estimate of drug-likeness (QED) is 0.843. The standard InChI is InChI=1S/C17H29N3O2/c1-12(2)14(11-20-16(21)22-17(4,5)6)10-19-15-8-7-9-18-13(15)3/h7-9,12,14,19H,10-11H2,1-6H3,(H,20,21). The van der Waals surface area contributed by atoms with E-state index in [-0.39, 0.29) is 6.09 Å². The molecule has 22 heavy (non-hydrogen) atoms. The van der Waals surface area contributed by atoms with Crippen LogP contribution in [-0.2, 0) is 4.74 Å². The van der Waals surface area contributed by atoms with Gasteiger partial charge in [-0.1, -0.05) is 13.8 Å². The van der Waals surface area contributed by atoms with Crippen molar-refractivity contribution >= 4 is 11.8 Å². The molecular weight excluding hydrogens is 278 g/mol. The summed E-state index contributed by atoms with van der Waals surface area (Å²) in [6.07, 6.45) is 1.42. The zero-order chi connectivity index (χ0) is 16.8. The van der Waals surface area contributed by atoms with Gasteiger partial charge in [0.15, 0.2) is 0 Å². The minimum Gasteiger partial charge on any atom is -0.444 e. The second-order valence-electron chi connectivity index (χ2n) is 6.90. The summed E-state index contributed by atoms with van der Waals surface area (Å²) in [4.78, 5) is 16.0. The molecule has 1 rings (SSSR count). The molecule has 0 aliphatic heterocycles. The Morgan fingerprint density at radius 1 is 1.32 bits per heavy atom. The van der Waals surface area contributed by atoms with Crippen molar-refractivity contribution in [1.82, 2.24) is 10.3 Å². The Morgan fingerprint density at radius 2 is 2.00 bits per heavy atom. The Hall–Kier alpha value is -1.78. The zero-order valence-corrected chi connectivity index (χ0v) is 14.6. The Bertz CT molecular complexity index is 481.